The van der Waals surface area contributed by atoms with Crippen LogP contribution in [-0.2, 0) is 11.3 Å². The highest BCUT2D eigenvalue weighted by molar-refractivity contribution is 8.27. The van der Waals surface area contributed by atoms with Crippen LogP contribution >= 0.6 is 24.0 Å². The molecule has 0 spiro atoms. The number of nitro benzene ring substituents is 1. The molecular formula is C26H19N3O3S2. The number of non-ortho nitro benzene ring substituents is 1. The van der Waals surface area contributed by atoms with Crippen LogP contribution in [0.5, 0.6) is 0 Å². The van der Waals surface area contributed by atoms with Crippen molar-refractivity contribution in [3.63, 3.8) is 0 Å². The summed E-state index contributed by atoms with van der Waals surface area (Å²) in [6.45, 7) is 2.51. The van der Waals surface area contributed by atoms with Crippen LogP contribution in [0.2, 0.25) is 0 Å². The predicted molar refractivity (Wildman–Crippen MR) is 141 cm³/mol. The van der Waals surface area contributed by atoms with Crippen molar-refractivity contribution in [1.29, 1.82) is 0 Å². The minimum atomic E-state index is -0.403. The Morgan fingerprint density at radius 3 is 2.47 bits per heavy atom. The number of benzene rings is 3. The van der Waals surface area contributed by atoms with E-state index in [0.29, 0.717) is 15.8 Å². The Balaban J connectivity index is 1.50. The summed E-state index contributed by atoms with van der Waals surface area (Å²) in [6.07, 6.45) is 3.90. The van der Waals surface area contributed by atoms with E-state index in [1.165, 1.54) is 23.9 Å². The molecule has 1 aliphatic rings. The summed E-state index contributed by atoms with van der Waals surface area (Å²) in [5, 5.41) is 12.0. The first-order valence-electron chi connectivity index (χ1n) is 10.6. The number of nitrogens with zero attached hydrogens (tertiary/aromatic N) is 3. The largest absolute Gasteiger partial charge is 0.342 e. The molecule has 0 saturated carbocycles. The van der Waals surface area contributed by atoms with E-state index in [1.54, 1.807) is 17.0 Å². The van der Waals surface area contributed by atoms with Gasteiger partial charge in [0.2, 0.25) is 0 Å². The Hall–Kier alpha value is -3.75. The van der Waals surface area contributed by atoms with Gasteiger partial charge in [-0.2, -0.15) is 0 Å². The zero-order valence-electron chi connectivity index (χ0n) is 18.2. The van der Waals surface area contributed by atoms with E-state index in [9.17, 15) is 14.9 Å². The minimum absolute atomic E-state index is 0.0671. The van der Waals surface area contributed by atoms with Crippen LogP contribution in [0.25, 0.3) is 17.0 Å². The summed E-state index contributed by atoms with van der Waals surface area (Å²) in [5.41, 5.74) is 4.74. The molecule has 34 heavy (non-hydrogen) atoms. The zero-order chi connectivity index (χ0) is 23.8. The van der Waals surface area contributed by atoms with E-state index in [1.807, 2.05) is 67.7 Å². The van der Waals surface area contributed by atoms with E-state index in [-0.39, 0.29) is 11.6 Å². The maximum absolute atomic E-state index is 13.3. The Bertz CT molecular complexity index is 1490. The Morgan fingerprint density at radius 2 is 1.74 bits per heavy atom. The van der Waals surface area contributed by atoms with Crippen molar-refractivity contribution in [2.45, 2.75) is 13.5 Å². The van der Waals surface area contributed by atoms with Crippen LogP contribution in [-0.4, -0.2) is 19.7 Å². The fourth-order valence-electron chi connectivity index (χ4n) is 4.07. The summed E-state index contributed by atoms with van der Waals surface area (Å²) in [5.74, 6) is -0.128. The number of thiocarbonyl (C=S) groups is 1. The molecule has 0 aliphatic carbocycles. The molecular weight excluding hydrogens is 466 g/mol. The molecule has 1 saturated heterocycles. The summed E-state index contributed by atoms with van der Waals surface area (Å²) >= 11 is 6.85. The van der Waals surface area contributed by atoms with Crippen molar-refractivity contribution in [3.05, 3.63) is 111 Å². The average molecular weight is 486 g/mol. The molecule has 1 aliphatic heterocycles. The minimum Gasteiger partial charge on any atom is -0.342 e. The highest BCUT2D eigenvalue weighted by Crippen LogP contribution is 2.38. The smallest absolute Gasteiger partial charge is 0.270 e. The van der Waals surface area contributed by atoms with Crippen molar-refractivity contribution >= 4 is 62.6 Å². The van der Waals surface area contributed by atoms with Crippen LogP contribution in [0.4, 0.5) is 11.4 Å². The molecule has 6 nitrogen and oxygen atoms in total. The Kier molecular flexibility index (Phi) is 5.77. The number of hydrogen-bond acceptors (Lipinski definition) is 5. The van der Waals surface area contributed by atoms with Crippen LogP contribution in [0.3, 0.4) is 0 Å². The molecule has 4 aromatic rings. The summed E-state index contributed by atoms with van der Waals surface area (Å²) in [7, 11) is 0. The number of amides is 1. The molecule has 5 rings (SSSR count). The zero-order valence-corrected chi connectivity index (χ0v) is 19.8. The Labute approximate surface area is 205 Å². The second-order valence-electron chi connectivity index (χ2n) is 7.96. The molecule has 1 aromatic heterocycles. The molecule has 8 heteroatoms. The van der Waals surface area contributed by atoms with Crippen LogP contribution in [0.1, 0.15) is 16.7 Å². The van der Waals surface area contributed by atoms with Crippen LogP contribution in [0, 0.1) is 17.0 Å². The SMILES string of the molecule is Cc1ccccc1N1C(=O)/C(=C\c2cn(Cc3ccc([N+](=O)[O-])cc3)c3ccccc23)SC1=S. The summed E-state index contributed by atoms with van der Waals surface area (Å²) in [4.78, 5) is 26.0. The first-order valence-corrected chi connectivity index (χ1v) is 11.8. The van der Waals surface area contributed by atoms with Gasteiger partial charge in [-0.25, -0.2) is 0 Å². The van der Waals surface area contributed by atoms with Crippen molar-refractivity contribution in [1.82, 2.24) is 4.57 Å². The first kappa shape index (κ1) is 22.1. The number of aromatic nitrogens is 1. The number of carbonyl (C=O) groups excluding carboxylic acids is 1. The third kappa shape index (κ3) is 4.02. The van der Waals surface area contributed by atoms with Crippen LogP contribution in [0.15, 0.2) is 83.9 Å². The van der Waals surface area contributed by atoms with Gasteiger partial charge in [0.1, 0.15) is 0 Å². The second kappa shape index (κ2) is 8.89. The van der Waals surface area contributed by atoms with E-state index >= 15 is 0 Å². The lowest BCUT2D eigenvalue weighted by molar-refractivity contribution is -0.384. The summed E-state index contributed by atoms with van der Waals surface area (Å²) in [6, 6.07) is 22.2. The van der Waals surface area contributed by atoms with Crippen molar-refractivity contribution < 1.29 is 9.72 Å². The van der Waals surface area contributed by atoms with E-state index < -0.39 is 4.92 Å². The maximum atomic E-state index is 13.3. The molecule has 0 bridgehead atoms. The number of thioether (sulfide) groups is 1. The lowest BCUT2D eigenvalue weighted by Crippen LogP contribution is -2.28. The van der Waals surface area contributed by atoms with Gasteiger partial charge in [0.15, 0.2) is 4.32 Å². The fourth-order valence-corrected chi connectivity index (χ4v) is 5.35. The highest BCUT2D eigenvalue weighted by atomic mass is 32.2. The number of fused-ring (bicyclic) bond motifs is 1. The number of nitro groups is 1. The molecule has 1 fully saturated rings. The maximum Gasteiger partial charge on any atom is 0.270 e. The standard InChI is InChI=1S/C26H19N3O3S2/c1-17-6-2-4-8-22(17)28-25(30)24(34-26(28)33)14-19-16-27(23-9-5-3-7-21(19)23)15-18-10-12-20(13-11-18)29(31)32/h2-14,16H,15H2,1H3/b24-14+. The quantitative estimate of drug-likeness (QED) is 0.143. The molecule has 168 valence electrons. The number of aryl methyl sites for hydroxylation is 1. The summed E-state index contributed by atoms with van der Waals surface area (Å²) < 4.78 is 2.60. The number of carbonyl (C=O) groups is 1. The lowest BCUT2D eigenvalue weighted by atomic mass is 10.1. The molecule has 0 N–H and O–H groups in total. The van der Waals surface area contributed by atoms with E-state index in [2.05, 4.69) is 4.57 Å². The van der Waals surface area contributed by atoms with Gasteiger partial charge in [0.05, 0.1) is 15.5 Å². The van der Waals surface area contributed by atoms with Crippen molar-refractivity contribution in [2.75, 3.05) is 4.90 Å². The lowest BCUT2D eigenvalue weighted by Gasteiger charge is -2.16. The monoisotopic (exact) mass is 485 g/mol. The van der Waals surface area contributed by atoms with Crippen molar-refractivity contribution in [2.24, 2.45) is 0 Å². The molecule has 0 unspecified atom stereocenters. The van der Waals surface area contributed by atoms with Gasteiger partial charge in [0.25, 0.3) is 11.6 Å². The van der Waals surface area contributed by atoms with E-state index in [4.69, 9.17) is 12.2 Å². The first-order chi connectivity index (χ1) is 16.4. The molecule has 3 aromatic carbocycles. The number of para-hydroxylation sites is 2. The van der Waals surface area contributed by atoms with Gasteiger partial charge in [-0.15, -0.1) is 0 Å². The third-order valence-corrected chi connectivity index (χ3v) is 7.06. The average Bonchev–Trinajstić information content (AvgIpc) is 3.31. The van der Waals surface area contributed by atoms with Gasteiger partial charge in [-0.05, 0) is 36.3 Å². The third-order valence-electron chi connectivity index (χ3n) is 5.76. The Morgan fingerprint density at radius 1 is 1.03 bits per heavy atom. The number of rotatable bonds is 5. The van der Waals surface area contributed by atoms with Gasteiger partial charge < -0.3 is 4.57 Å². The second-order valence-corrected chi connectivity index (χ2v) is 9.63. The normalized spacial score (nSPS) is 15.0. The van der Waals surface area contributed by atoms with Gasteiger partial charge in [-0.1, -0.05) is 72.5 Å². The predicted octanol–water partition coefficient (Wildman–Crippen LogP) is 6.31. The topological polar surface area (TPSA) is 68.4 Å². The van der Waals surface area contributed by atoms with Crippen LogP contribution < -0.4 is 4.90 Å². The molecule has 0 radical (unpaired) electrons. The van der Waals surface area contributed by atoms with E-state index in [0.717, 1.165) is 33.3 Å². The molecule has 1 amide bonds. The molecule has 2 heterocycles. The van der Waals surface area contributed by atoms with Gasteiger partial charge in [-0.3, -0.25) is 19.8 Å². The highest BCUT2D eigenvalue weighted by Gasteiger charge is 2.34. The number of anilines is 1. The fraction of sp³-hybridized carbons (Fsp3) is 0.0769. The van der Waals surface area contributed by atoms with Gasteiger partial charge in [0, 0.05) is 41.3 Å². The number of hydrogen-bond donors (Lipinski definition) is 0. The van der Waals surface area contributed by atoms with Crippen molar-refractivity contribution in [3.8, 4) is 0 Å². The molecule has 0 atom stereocenters. The van der Waals surface area contributed by atoms with Gasteiger partial charge >= 0.3 is 0 Å².